The van der Waals surface area contributed by atoms with E-state index in [1.54, 1.807) is 0 Å². The summed E-state index contributed by atoms with van der Waals surface area (Å²) in [5, 5.41) is 0. The summed E-state index contributed by atoms with van der Waals surface area (Å²) < 4.78 is 0. The molecular formula is C18H21N. The standard InChI is InChI=1S/C18H21N/c1-13-7-9-15(10-8-13)17-12-18(17)19(3)16-6-4-5-14(2)11-16/h4-11,17-18H,12H2,1-3H3. The van der Waals surface area contributed by atoms with Crippen LogP contribution in [0.15, 0.2) is 48.5 Å². The lowest BCUT2D eigenvalue weighted by atomic mass is 10.1. The van der Waals surface area contributed by atoms with Crippen molar-refractivity contribution in [1.29, 1.82) is 0 Å². The van der Waals surface area contributed by atoms with Crippen molar-refractivity contribution in [2.45, 2.75) is 32.2 Å². The Labute approximate surface area is 115 Å². The number of hydrogen-bond acceptors (Lipinski definition) is 1. The van der Waals surface area contributed by atoms with Gasteiger partial charge in [-0.1, -0.05) is 42.0 Å². The van der Waals surface area contributed by atoms with Crippen LogP contribution in [0.1, 0.15) is 29.0 Å². The topological polar surface area (TPSA) is 3.24 Å². The third-order valence-electron chi connectivity index (χ3n) is 4.17. The number of anilines is 1. The van der Waals surface area contributed by atoms with E-state index in [1.165, 1.54) is 28.8 Å². The maximum Gasteiger partial charge on any atom is 0.0368 e. The Morgan fingerprint density at radius 1 is 0.947 bits per heavy atom. The van der Waals surface area contributed by atoms with E-state index in [0.29, 0.717) is 12.0 Å². The molecular weight excluding hydrogens is 230 g/mol. The van der Waals surface area contributed by atoms with Crippen LogP contribution in [0.4, 0.5) is 5.69 Å². The number of benzene rings is 2. The summed E-state index contributed by atoms with van der Waals surface area (Å²) in [4.78, 5) is 2.43. The molecule has 1 aliphatic carbocycles. The summed E-state index contributed by atoms with van der Waals surface area (Å²) in [5.41, 5.74) is 5.49. The van der Waals surface area contributed by atoms with Gasteiger partial charge in [-0.15, -0.1) is 0 Å². The molecule has 0 amide bonds. The van der Waals surface area contributed by atoms with Gasteiger partial charge in [0.25, 0.3) is 0 Å². The molecule has 2 aromatic carbocycles. The monoisotopic (exact) mass is 251 g/mol. The molecule has 1 heteroatoms. The molecule has 2 atom stereocenters. The molecule has 3 rings (SSSR count). The fourth-order valence-corrected chi connectivity index (χ4v) is 2.82. The Balaban J connectivity index is 1.74. The lowest BCUT2D eigenvalue weighted by Crippen LogP contribution is -2.21. The van der Waals surface area contributed by atoms with Gasteiger partial charge in [0.15, 0.2) is 0 Å². The zero-order chi connectivity index (χ0) is 13.4. The molecule has 1 fully saturated rings. The van der Waals surface area contributed by atoms with Crippen LogP contribution < -0.4 is 4.90 Å². The van der Waals surface area contributed by atoms with E-state index in [0.717, 1.165) is 0 Å². The van der Waals surface area contributed by atoms with Crippen molar-refractivity contribution >= 4 is 5.69 Å². The fraction of sp³-hybridized carbons (Fsp3) is 0.333. The molecule has 1 aliphatic rings. The fourth-order valence-electron chi connectivity index (χ4n) is 2.82. The first-order chi connectivity index (χ1) is 9.15. The SMILES string of the molecule is Cc1ccc(C2CC2N(C)c2cccc(C)c2)cc1. The summed E-state index contributed by atoms with van der Waals surface area (Å²) in [5.74, 6) is 0.700. The molecule has 2 unspecified atom stereocenters. The van der Waals surface area contributed by atoms with Gasteiger partial charge >= 0.3 is 0 Å². The minimum absolute atomic E-state index is 0.657. The number of aryl methyl sites for hydroxylation is 2. The van der Waals surface area contributed by atoms with E-state index in [1.807, 2.05) is 0 Å². The van der Waals surface area contributed by atoms with Crippen molar-refractivity contribution in [1.82, 2.24) is 0 Å². The predicted octanol–water partition coefficient (Wildman–Crippen LogP) is 4.30. The second-order valence-electron chi connectivity index (χ2n) is 5.77. The molecule has 1 nitrogen and oxygen atoms in total. The molecule has 2 aromatic rings. The maximum absolute atomic E-state index is 2.43. The van der Waals surface area contributed by atoms with Gasteiger partial charge in [-0.2, -0.15) is 0 Å². The second kappa shape index (κ2) is 4.73. The van der Waals surface area contributed by atoms with E-state index in [4.69, 9.17) is 0 Å². The Morgan fingerprint density at radius 3 is 2.37 bits per heavy atom. The van der Waals surface area contributed by atoms with Crippen LogP contribution in [0, 0.1) is 13.8 Å². The zero-order valence-electron chi connectivity index (χ0n) is 11.9. The number of likely N-dealkylation sites (N-methyl/N-ethyl adjacent to an activating group) is 1. The van der Waals surface area contributed by atoms with Crippen molar-refractivity contribution in [3.8, 4) is 0 Å². The van der Waals surface area contributed by atoms with Crippen molar-refractivity contribution in [3.63, 3.8) is 0 Å². The molecule has 0 N–H and O–H groups in total. The lowest BCUT2D eigenvalue weighted by molar-refractivity contribution is 0.879. The molecule has 1 saturated carbocycles. The van der Waals surface area contributed by atoms with Gasteiger partial charge in [0.05, 0.1) is 0 Å². The highest BCUT2D eigenvalue weighted by Crippen LogP contribution is 2.45. The first-order valence-corrected chi connectivity index (χ1v) is 7.01. The molecule has 0 aromatic heterocycles. The molecule has 0 heterocycles. The Hall–Kier alpha value is -1.76. The average molecular weight is 251 g/mol. The second-order valence-corrected chi connectivity index (χ2v) is 5.77. The smallest absolute Gasteiger partial charge is 0.0368 e. The van der Waals surface area contributed by atoms with Gasteiger partial charge in [0, 0.05) is 24.7 Å². The number of rotatable bonds is 3. The van der Waals surface area contributed by atoms with Gasteiger partial charge < -0.3 is 4.90 Å². The summed E-state index contributed by atoms with van der Waals surface area (Å²) in [6.45, 7) is 4.30. The van der Waals surface area contributed by atoms with Crippen LogP contribution >= 0.6 is 0 Å². The molecule has 0 aliphatic heterocycles. The molecule has 19 heavy (non-hydrogen) atoms. The first kappa shape index (κ1) is 12.3. The van der Waals surface area contributed by atoms with Crippen LogP contribution in [-0.2, 0) is 0 Å². The number of hydrogen-bond donors (Lipinski definition) is 0. The van der Waals surface area contributed by atoms with Crippen LogP contribution in [0.25, 0.3) is 0 Å². The van der Waals surface area contributed by atoms with Crippen LogP contribution in [-0.4, -0.2) is 13.1 Å². The Morgan fingerprint density at radius 2 is 1.68 bits per heavy atom. The van der Waals surface area contributed by atoms with Gasteiger partial charge in [0.2, 0.25) is 0 Å². The van der Waals surface area contributed by atoms with Gasteiger partial charge in [-0.25, -0.2) is 0 Å². The summed E-state index contributed by atoms with van der Waals surface area (Å²) >= 11 is 0. The third-order valence-corrected chi connectivity index (χ3v) is 4.17. The van der Waals surface area contributed by atoms with Gasteiger partial charge in [0.1, 0.15) is 0 Å². The highest BCUT2D eigenvalue weighted by Gasteiger charge is 2.41. The average Bonchev–Trinajstić information content (AvgIpc) is 3.19. The minimum Gasteiger partial charge on any atom is -0.371 e. The highest BCUT2D eigenvalue weighted by molar-refractivity contribution is 5.51. The largest absolute Gasteiger partial charge is 0.371 e. The van der Waals surface area contributed by atoms with Gasteiger partial charge in [-0.3, -0.25) is 0 Å². The van der Waals surface area contributed by atoms with E-state index in [2.05, 4.69) is 74.3 Å². The van der Waals surface area contributed by atoms with Crippen LogP contribution in [0.5, 0.6) is 0 Å². The molecule has 0 spiro atoms. The van der Waals surface area contributed by atoms with Crippen molar-refractivity contribution in [3.05, 3.63) is 65.2 Å². The highest BCUT2D eigenvalue weighted by atomic mass is 15.2. The summed E-state index contributed by atoms with van der Waals surface area (Å²) in [7, 11) is 2.22. The maximum atomic E-state index is 2.43. The lowest BCUT2D eigenvalue weighted by Gasteiger charge is -2.20. The molecule has 0 radical (unpaired) electrons. The third kappa shape index (κ3) is 2.51. The van der Waals surface area contributed by atoms with Crippen LogP contribution in [0.3, 0.4) is 0 Å². The normalized spacial score (nSPS) is 21.2. The number of nitrogens with zero attached hydrogens (tertiary/aromatic N) is 1. The Kier molecular flexibility index (Phi) is 3.06. The quantitative estimate of drug-likeness (QED) is 0.786. The van der Waals surface area contributed by atoms with Crippen LogP contribution in [0.2, 0.25) is 0 Å². The van der Waals surface area contributed by atoms with E-state index < -0.39 is 0 Å². The van der Waals surface area contributed by atoms with Crippen molar-refractivity contribution < 1.29 is 0 Å². The summed E-state index contributed by atoms with van der Waals surface area (Å²) in [6, 6.07) is 18.4. The van der Waals surface area contributed by atoms with E-state index >= 15 is 0 Å². The van der Waals surface area contributed by atoms with Crippen molar-refractivity contribution in [2.24, 2.45) is 0 Å². The summed E-state index contributed by atoms with van der Waals surface area (Å²) in [6.07, 6.45) is 1.27. The Bertz CT molecular complexity index is 570. The molecule has 0 saturated heterocycles. The molecule has 0 bridgehead atoms. The molecule has 98 valence electrons. The van der Waals surface area contributed by atoms with Gasteiger partial charge in [-0.05, 0) is 43.5 Å². The van der Waals surface area contributed by atoms with E-state index in [9.17, 15) is 0 Å². The zero-order valence-corrected chi connectivity index (χ0v) is 11.9. The predicted molar refractivity (Wildman–Crippen MR) is 81.9 cm³/mol. The minimum atomic E-state index is 0.657. The van der Waals surface area contributed by atoms with E-state index in [-0.39, 0.29) is 0 Å². The first-order valence-electron chi connectivity index (χ1n) is 7.01. The van der Waals surface area contributed by atoms with Crippen molar-refractivity contribution in [2.75, 3.05) is 11.9 Å².